The van der Waals surface area contributed by atoms with Crippen molar-refractivity contribution in [2.24, 2.45) is 0 Å². The fourth-order valence-corrected chi connectivity index (χ4v) is 3.34. The second-order valence-electron chi connectivity index (χ2n) is 6.29. The molecule has 1 aromatic carbocycles. The maximum absolute atomic E-state index is 5.99. The molecule has 0 bridgehead atoms. The summed E-state index contributed by atoms with van der Waals surface area (Å²) in [5.74, 6) is 1.94. The van der Waals surface area contributed by atoms with E-state index in [9.17, 15) is 0 Å². The van der Waals surface area contributed by atoms with E-state index < -0.39 is 0 Å². The van der Waals surface area contributed by atoms with Gasteiger partial charge in [0.15, 0.2) is 0 Å². The van der Waals surface area contributed by atoms with Crippen molar-refractivity contribution < 1.29 is 4.74 Å². The van der Waals surface area contributed by atoms with Gasteiger partial charge in [0.2, 0.25) is 0 Å². The zero-order valence-corrected chi connectivity index (χ0v) is 14.7. The first-order chi connectivity index (χ1) is 11.1. The summed E-state index contributed by atoms with van der Waals surface area (Å²) < 4.78 is 5.71. The Labute approximate surface area is 143 Å². The first kappa shape index (κ1) is 16.1. The SMILES string of the molecule is CCOc1cc(Cl)ncc1N1CC(c2ccccc2C(C)C)C1. The Morgan fingerprint density at radius 3 is 2.74 bits per heavy atom. The highest BCUT2D eigenvalue weighted by molar-refractivity contribution is 6.29. The van der Waals surface area contributed by atoms with Crippen molar-refractivity contribution in [3.05, 3.63) is 52.8 Å². The van der Waals surface area contributed by atoms with E-state index in [-0.39, 0.29) is 0 Å². The number of ether oxygens (including phenoxy) is 1. The van der Waals surface area contributed by atoms with Gasteiger partial charge in [0.1, 0.15) is 10.9 Å². The average Bonchev–Trinajstić information content (AvgIpc) is 2.48. The predicted molar refractivity (Wildman–Crippen MR) is 95.9 cm³/mol. The zero-order chi connectivity index (χ0) is 16.4. The van der Waals surface area contributed by atoms with Crippen LogP contribution in [-0.4, -0.2) is 24.7 Å². The van der Waals surface area contributed by atoms with E-state index in [0.29, 0.717) is 23.6 Å². The summed E-state index contributed by atoms with van der Waals surface area (Å²) in [4.78, 5) is 6.53. The van der Waals surface area contributed by atoms with Crippen LogP contribution in [0.4, 0.5) is 5.69 Å². The number of aromatic nitrogens is 1. The van der Waals surface area contributed by atoms with Crippen molar-refractivity contribution in [2.75, 3.05) is 24.6 Å². The molecule has 2 aromatic rings. The lowest BCUT2D eigenvalue weighted by molar-refractivity contribution is 0.337. The minimum Gasteiger partial charge on any atom is -0.492 e. The highest BCUT2D eigenvalue weighted by atomic mass is 35.5. The molecule has 4 heteroatoms. The summed E-state index contributed by atoms with van der Waals surface area (Å²) in [6.07, 6.45) is 1.82. The third kappa shape index (κ3) is 3.30. The molecule has 0 spiro atoms. The largest absolute Gasteiger partial charge is 0.492 e. The van der Waals surface area contributed by atoms with Crippen LogP contribution in [0.25, 0.3) is 0 Å². The van der Waals surface area contributed by atoms with Gasteiger partial charge >= 0.3 is 0 Å². The van der Waals surface area contributed by atoms with E-state index in [2.05, 4.69) is 48.0 Å². The molecule has 3 nitrogen and oxygen atoms in total. The molecular formula is C19H23ClN2O. The van der Waals surface area contributed by atoms with Crippen LogP contribution in [0.2, 0.25) is 5.15 Å². The first-order valence-electron chi connectivity index (χ1n) is 8.22. The van der Waals surface area contributed by atoms with Gasteiger partial charge in [-0.05, 0) is 24.0 Å². The highest BCUT2D eigenvalue weighted by Gasteiger charge is 2.31. The van der Waals surface area contributed by atoms with E-state index in [1.165, 1.54) is 11.1 Å². The topological polar surface area (TPSA) is 25.4 Å². The van der Waals surface area contributed by atoms with Crippen molar-refractivity contribution in [2.45, 2.75) is 32.6 Å². The fourth-order valence-electron chi connectivity index (χ4n) is 3.19. The molecule has 0 unspecified atom stereocenters. The van der Waals surface area contributed by atoms with Gasteiger partial charge in [0, 0.05) is 25.1 Å². The summed E-state index contributed by atoms with van der Waals surface area (Å²) in [5, 5.41) is 0.472. The molecule has 23 heavy (non-hydrogen) atoms. The molecule has 0 atom stereocenters. The highest BCUT2D eigenvalue weighted by Crippen LogP contribution is 2.39. The number of anilines is 1. The molecule has 0 aliphatic carbocycles. The van der Waals surface area contributed by atoms with Crippen LogP contribution in [0.15, 0.2) is 36.5 Å². The van der Waals surface area contributed by atoms with E-state index in [1.54, 1.807) is 6.07 Å². The number of hydrogen-bond acceptors (Lipinski definition) is 3. The maximum Gasteiger partial charge on any atom is 0.147 e. The molecule has 1 aliphatic heterocycles. The number of benzene rings is 1. The van der Waals surface area contributed by atoms with Crippen LogP contribution in [0, 0.1) is 0 Å². The van der Waals surface area contributed by atoms with Gasteiger partial charge in [0.05, 0.1) is 18.5 Å². The Bertz CT molecular complexity index is 681. The Morgan fingerprint density at radius 1 is 1.30 bits per heavy atom. The predicted octanol–water partition coefficient (Wildman–Crippen LogP) is 4.86. The summed E-state index contributed by atoms with van der Waals surface area (Å²) >= 11 is 5.99. The Morgan fingerprint density at radius 2 is 2.04 bits per heavy atom. The van der Waals surface area contributed by atoms with Gasteiger partial charge < -0.3 is 9.64 Å². The first-order valence-corrected chi connectivity index (χ1v) is 8.60. The van der Waals surface area contributed by atoms with Crippen molar-refractivity contribution in [1.82, 2.24) is 4.98 Å². The summed E-state index contributed by atoms with van der Waals surface area (Å²) in [6.45, 7) is 9.11. The molecule has 1 saturated heterocycles. The number of pyridine rings is 1. The van der Waals surface area contributed by atoms with Crippen LogP contribution >= 0.6 is 11.6 Å². The lowest BCUT2D eigenvalue weighted by Crippen LogP contribution is -2.45. The van der Waals surface area contributed by atoms with Crippen molar-refractivity contribution in [3.63, 3.8) is 0 Å². The fraction of sp³-hybridized carbons (Fsp3) is 0.421. The molecule has 1 aliphatic rings. The third-order valence-electron chi connectivity index (χ3n) is 4.39. The molecule has 0 N–H and O–H groups in total. The summed E-state index contributed by atoms with van der Waals surface area (Å²) in [7, 11) is 0. The number of halogens is 1. The Balaban J connectivity index is 1.77. The van der Waals surface area contributed by atoms with Gasteiger partial charge in [-0.25, -0.2) is 4.98 Å². The number of rotatable bonds is 5. The minimum atomic E-state index is 0.472. The van der Waals surface area contributed by atoms with Gasteiger partial charge in [-0.3, -0.25) is 0 Å². The van der Waals surface area contributed by atoms with E-state index in [4.69, 9.17) is 16.3 Å². The molecule has 0 saturated carbocycles. The molecular weight excluding hydrogens is 308 g/mol. The number of nitrogens with zero attached hydrogens (tertiary/aromatic N) is 2. The molecule has 3 rings (SSSR count). The zero-order valence-electron chi connectivity index (χ0n) is 13.9. The van der Waals surface area contributed by atoms with Crippen molar-refractivity contribution >= 4 is 17.3 Å². The quantitative estimate of drug-likeness (QED) is 0.732. The minimum absolute atomic E-state index is 0.472. The second kappa shape index (κ2) is 6.79. The second-order valence-corrected chi connectivity index (χ2v) is 6.68. The Hall–Kier alpha value is -1.74. The van der Waals surface area contributed by atoms with E-state index in [0.717, 1.165) is 24.5 Å². The van der Waals surface area contributed by atoms with Crippen LogP contribution < -0.4 is 9.64 Å². The molecule has 1 fully saturated rings. The molecule has 2 heterocycles. The standard InChI is InChI=1S/C19H23ClN2O/c1-4-23-18-9-19(20)21-10-17(18)22-11-14(12-22)16-8-6-5-7-15(16)13(2)3/h5-10,13-14H,4,11-12H2,1-3H3. The summed E-state index contributed by atoms with van der Waals surface area (Å²) in [5.41, 5.74) is 3.96. The van der Waals surface area contributed by atoms with Gasteiger partial charge in [-0.2, -0.15) is 0 Å². The maximum atomic E-state index is 5.99. The van der Waals surface area contributed by atoms with Gasteiger partial charge in [0.25, 0.3) is 0 Å². The van der Waals surface area contributed by atoms with Gasteiger partial charge in [-0.15, -0.1) is 0 Å². The van der Waals surface area contributed by atoms with Crippen LogP contribution in [0.1, 0.15) is 43.7 Å². The summed E-state index contributed by atoms with van der Waals surface area (Å²) in [6, 6.07) is 10.6. The molecule has 122 valence electrons. The molecule has 1 aromatic heterocycles. The Kier molecular flexibility index (Phi) is 4.76. The van der Waals surface area contributed by atoms with Crippen LogP contribution in [-0.2, 0) is 0 Å². The number of hydrogen-bond donors (Lipinski definition) is 0. The van der Waals surface area contributed by atoms with Crippen molar-refractivity contribution in [3.8, 4) is 5.75 Å². The lowest BCUT2D eigenvalue weighted by Gasteiger charge is -2.42. The normalized spacial score (nSPS) is 14.9. The van der Waals surface area contributed by atoms with E-state index >= 15 is 0 Å². The lowest BCUT2D eigenvalue weighted by atomic mass is 9.84. The third-order valence-corrected chi connectivity index (χ3v) is 4.60. The smallest absolute Gasteiger partial charge is 0.147 e. The van der Waals surface area contributed by atoms with Gasteiger partial charge in [-0.1, -0.05) is 49.7 Å². The van der Waals surface area contributed by atoms with Crippen LogP contribution in [0.3, 0.4) is 0 Å². The van der Waals surface area contributed by atoms with Crippen molar-refractivity contribution in [1.29, 1.82) is 0 Å². The molecule has 0 amide bonds. The average molecular weight is 331 g/mol. The van der Waals surface area contributed by atoms with Crippen LogP contribution in [0.5, 0.6) is 5.75 Å². The molecule has 0 radical (unpaired) electrons. The monoisotopic (exact) mass is 330 g/mol. The van der Waals surface area contributed by atoms with E-state index in [1.807, 2.05) is 13.1 Å².